The summed E-state index contributed by atoms with van der Waals surface area (Å²) in [4.78, 5) is 13.6. The first-order valence-electron chi connectivity index (χ1n) is 5.44. The van der Waals surface area contributed by atoms with Crippen molar-refractivity contribution in [1.29, 1.82) is 0 Å². The van der Waals surface area contributed by atoms with Gasteiger partial charge >= 0.3 is 5.76 Å². The summed E-state index contributed by atoms with van der Waals surface area (Å²) in [5, 5.41) is 0. The predicted octanol–water partition coefficient (Wildman–Crippen LogP) is 2.17. The Labute approximate surface area is 93.5 Å². The highest BCUT2D eigenvalue weighted by Crippen LogP contribution is 2.21. The summed E-state index contributed by atoms with van der Waals surface area (Å²) in [5.41, 5.74) is 8.38. The SMILES string of the molecule is CC(C)CC(N)c1ccc2oc(=O)[nH]c2c1. The molecule has 0 spiro atoms. The van der Waals surface area contributed by atoms with Gasteiger partial charge in [-0.1, -0.05) is 19.9 Å². The number of rotatable bonds is 3. The zero-order chi connectivity index (χ0) is 11.7. The standard InChI is InChI=1S/C12H16N2O2/c1-7(2)5-9(13)8-3-4-11-10(6-8)14-12(15)16-11/h3-4,6-7,9H,5,13H2,1-2H3,(H,14,15). The fraction of sp³-hybridized carbons (Fsp3) is 0.417. The van der Waals surface area contributed by atoms with Crippen LogP contribution >= 0.6 is 0 Å². The Kier molecular flexibility index (Phi) is 2.83. The third-order valence-electron chi connectivity index (χ3n) is 2.60. The van der Waals surface area contributed by atoms with E-state index < -0.39 is 5.76 Å². The van der Waals surface area contributed by atoms with Crippen LogP contribution in [0.2, 0.25) is 0 Å². The topological polar surface area (TPSA) is 72.0 Å². The van der Waals surface area contributed by atoms with Crippen molar-refractivity contribution in [2.75, 3.05) is 0 Å². The van der Waals surface area contributed by atoms with Gasteiger partial charge in [0.25, 0.3) is 0 Å². The Morgan fingerprint density at radius 3 is 2.88 bits per heavy atom. The highest BCUT2D eigenvalue weighted by atomic mass is 16.4. The van der Waals surface area contributed by atoms with Gasteiger partial charge in [-0.25, -0.2) is 4.79 Å². The quantitative estimate of drug-likeness (QED) is 0.832. The number of nitrogens with one attached hydrogen (secondary N) is 1. The zero-order valence-corrected chi connectivity index (χ0v) is 9.49. The first-order chi connectivity index (χ1) is 7.56. The highest BCUT2D eigenvalue weighted by Gasteiger charge is 2.10. The molecule has 1 heterocycles. The number of aromatic amines is 1. The van der Waals surface area contributed by atoms with Crippen molar-refractivity contribution in [2.24, 2.45) is 11.7 Å². The number of aromatic nitrogens is 1. The second kappa shape index (κ2) is 4.14. The molecule has 0 amide bonds. The van der Waals surface area contributed by atoms with Crippen LogP contribution in [0.4, 0.5) is 0 Å². The average molecular weight is 220 g/mol. The minimum atomic E-state index is -0.426. The summed E-state index contributed by atoms with van der Waals surface area (Å²) >= 11 is 0. The maximum absolute atomic E-state index is 11.0. The number of benzene rings is 1. The van der Waals surface area contributed by atoms with Gasteiger partial charge in [0.1, 0.15) is 0 Å². The van der Waals surface area contributed by atoms with E-state index in [0.29, 0.717) is 17.0 Å². The van der Waals surface area contributed by atoms with Gasteiger partial charge in [-0.15, -0.1) is 0 Å². The van der Waals surface area contributed by atoms with Crippen LogP contribution in [-0.4, -0.2) is 4.98 Å². The van der Waals surface area contributed by atoms with Crippen LogP contribution in [0.25, 0.3) is 11.1 Å². The first-order valence-corrected chi connectivity index (χ1v) is 5.44. The summed E-state index contributed by atoms with van der Waals surface area (Å²) in [6.45, 7) is 4.27. The van der Waals surface area contributed by atoms with Gasteiger partial charge in [-0.3, -0.25) is 4.98 Å². The van der Waals surface area contributed by atoms with E-state index in [2.05, 4.69) is 18.8 Å². The second-order valence-electron chi connectivity index (χ2n) is 4.51. The lowest BCUT2D eigenvalue weighted by Gasteiger charge is -2.14. The molecule has 0 bridgehead atoms. The van der Waals surface area contributed by atoms with Crippen molar-refractivity contribution < 1.29 is 4.42 Å². The van der Waals surface area contributed by atoms with Gasteiger partial charge in [0.15, 0.2) is 5.58 Å². The van der Waals surface area contributed by atoms with Crippen LogP contribution in [0, 0.1) is 5.92 Å². The van der Waals surface area contributed by atoms with Gasteiger partial charge in [0, 0.05) is 6.04 Å². The number of oxazole rings is 1. The molecule has 4 nitrogen and oxygen atoms in total. The minimum Gasteiger partial charge on any atom is -0.408 e. The highest BCUT2D eigenvalue weighted by molar-refractivity contribution is 5.72. The third-order valence-corrected chi connectivity index (χ3v) is 2.60. The molecule has 16 heavy (non-hydrogen) atoms. The molecule has 1 aromatic heterocycles. The van der Waals surface area contributed by atoms with Gasteiger partial charge in [0.05, 0.1) is 5.52 Å². The number of nitrogens with two attached hydrogens (primary N) is 1. The molecule has 0 aliphatic rings. The summed E-state index contributed by atoms with van der Waals surface area (Å²) < 4.78 is 4.93. The maximum atomic E-state index is 11.0. The molecular formula is C12H16N2O2. The molecule has 86 valence electrons. The Morgan fingerprint density at radius 1 is 1.44 bits per heavy atom. The smallest absolute Gasteiger partial charge is 0.408 e. The normalized spacial score (nSPS) is 13.5. The lowest BCUT2D eigenvalue weighted by molar-refractivity contribution is 0.510. The monoisotopic (exact) mass is 220 g/mol. The summed E-state index contributed by atoms with van der Waals surface area (Å²) in [7, 11) is 0. The first kappa shape index (κ1) is 11.0. The van der Waals surface area contributed by atoms with E-state index in [9.17, 15) is 4.79 Å². The molecule has 0 saturated heterocycles. The molecule has 1 atom stereocenters. The van der Waals surface area contributed by atoms with E-state index in [4.69, 9.17) is 10.2 Å². The molecule has 3 N–H and O–H groups in total. The van der Waals surface area contributed by atoms with E-state index in [1.165, 1.54) is 0 Å². The van der Waals surface area contributed by atoms with Crippen molar-refractivity contribution in [1.82, 2.24) is 4.98 Å². The lowest BCUT2D eigenvalue weighted by Crippen LogP contribution is -2.12. The Bertz CT molecular complexity index is 539. The third kappa shape index (κ3) is 2.17. The predicted molar refractivity (Wildman–Crippen MR) is 63.2 cm³/mol. The van der Waals surface area contributed by atoms with E-state index in [-0.39, 0.29) is 6.04 Å². The maximum Gasteiger partial charge on any atom is 0.417 e. The summed E-state index contributed by atoms with van der Waals surface area (Å²) in [6.07, 6.45) is 0.924. The van der Waals surface area contributed by atoms with Crippen molar-refractivity contribution in [2.45, 2.75) is 26.3 Å². The van der Waals surface area contributed by atoms with E-state index in [0.717, 1.165) is 12.0 Å². The molecule has 0 saturated carbocycles. The number of fused-ring (bicyclic) bond motifs is 1. The second-order valence-corrected chi connectivity index (χ2v) is 4.51. The average Bonchev–Trinajstić information content (AvgIpc) is 2.55. The zero-order valence-electron chi connectivity index (χ0n) is 9.49. The molecule has 1 aromatic carbocycles. The van der Waals surface area contributed by atoms with Crippen molar-refractivity contribution in [3.05, 3.63) is 34.3 Å². The van der Waals surface area contributed by atoms with Crippen molar-refractivity contribution in [3.63, 3.8) is 0 Å². The molecule has 0 fully saturated rings. The van der Waals surface area contributed by atoms with Crippen LogP contribution in [0.15, 0.2) is 27.4 Å². The Hall–Kier alpha value is -1.55. The fourth-order valence-electron chi connectivity index (χ4n) is 1.84. The van der Waals surface area contributed by atoms with Crippen LogP contribution in [0.3, 0.4) is 0 Å². The van der Waals surface area contributed by atoms with Crippen molar-refractivity contribution >= 4 is 11.1 Å². The number of H-pyrrole nitrogens is 1. The van der Waals surface area contributed by atoms with Crippen LogP contribution < -0.4 is 11.5 Å². The summed E-state index contributed by atoms with van der Waals surface area (Å²) in [5.74, 6) is 0.124. The Morgan fingerprint density at radius 2 is 2.19 bits per heavy atom. The van der Waals surface area contributed by atoms with Gasteiger partial charge in [-0.2, -0.15) is 0 Å². The van der Waals surface area contributed by atoms with Crippen LogP contribution in [-0.2, 0) is 0 Å². The van der Waals surface area contributed by atoms with Crippen LogP contribution in [0.1, 0.15) is 31.9 Å². The van der Waals surface area contributed by atoms with Gasteiger partial charge in [0.2, 0.25) is 0 Å². The van der Waals surface area contributed by atoms with Gasteiger partial charge in [-0.05, 0) is 30.0 Å². The molecule has 1 unspecified atom stereocenters. The molecular weight excluding hydrogens is 204 g/mol. The summed E-state index contributed by atoms with van der Waals surface area (Å²) in [6, 6.07) is 5.57. The van der Waals surface area contributed by atoms with Crippen molar-refractivity contribution in [3.8, 4) is 0 Å². The van der Waals surface area contributed by atoms with Crippen LogP contribution in [0.5, 0.6) is 0 Å². The van der Waals surface area contributed by atoms with E-state index in [1.54, 1.807) is 6.07 Å². The molecule has 2 aromatic rings. The Balaban J connectivity index is 2.34. The lowest BCUT2D eigenvalue weighted by atomic mass is 9.98. The molecule has 0 aliphatic carbocycles. The minimum absolute atomic E-state index is 0.00259. The van der Waals surface area contributed by atoms with E-state index in [1.807, 2.05) is 12.1 Å². The molecule has 2 rings (SSSR count). The molecule has 0 aliphatic heterocycles. The van der Waals surface area contributed by atoms with E-state index >= 15 is 0 Å². The number of hydrogen-bond acceptors (Lipinski definition) is 3. The molecule has 4 heteroatoms. The molecule has 0 radical (unpaired) electrons. The fourth-order valence-corrected chi connectivity index (χ4v) is 1.84. The number of hydrogen-bond donors (Lipinski definition) is 2. The van der Waals surface area contributed by atoms with Gasteiger partial charge < -0.3 is 10.2 Å². The largest absolute Gasteiger partial charge is 0.417 e.